The lowest BCUT2D eigenvalue weighted by molar-refractivity contribution is -0.140. The number of halogens is 1. The smallest absolute Gasteiger partial charge is 0.237 e. The SMILES string of the molecule is CC1(C)C(=O)N(c2ccc(Br)cc2)C1(C#N)Cc1ccccc1. The molecule has 0 spiro atoms. The molecule has 1 amide bonds. The Morgan fingerprint density at radius 2 is 1.70 bits per heavy atom. The van der Waals surface area contributed by atoms with Crippen molar-refractivity contribution < 1.29 is 4.79 Å². The molecule has 2 aromatic carbocycles. The molecule has 0 aliphatic carbocycles. The van der Waals surface area contributed by atoms with E-state index in [0.29, 0.717) is 6.42 Å². The number of hydrogen-bond acceptors (Lipinski definition) is 2. The Hall–Kier alpha value is -2.12. The van der Waals surface area contributed by atoms with Crippen LogP contribution in [0.4, 0.5) is 5.69 Å². The van der Waals surface area contributed by atoms with Crippen LogP contribution in [0.1, 0.15) is 19.4 Å². The summed E-state index contributed by atoms with van der Waals surface area (Å²) in [6.45, 7) is 3.72. The Labute approximate surface area is 144 Å². The zero-order chi connectivity index (χ0) is 16.7. The Morgan fingerprint density at radius 3 is 2.26 bits per heavy atom. The molecule has 23 heavy (non-hydrogen) atoms. The minimum atomic E-state index is -0.876. The summed E-state index contributed by atoms with van der Waals surface area (Å²) in [4.78, 5) is 14.3. The maximum atomic E-state index is 12.7. The molecule has 3 rings (SSSR count). The van der Waals surface area contributed by atoms with Crippen LogP contribution in [-0.2, 0) is 11.2 Å². The normalized spacial score (nSPS) is 22.3. The molecule has 0 N–H and O–H groups in total. The highest BCUT2D eigenvalue weighted by Crippen LogP contribution is 2.51. The first-order chi connectivity index (χ1) is 10.9. The summed E-state index contributed by atoms with van der Waals surface area (Å²) < 4.78 is 0.944. The van der Waals surface area contributed by atoms with Crippen molar-refractivity contribution in [2.45, 2.75) is 25.8 Å². The number of benzene rings is 2. The molecule has 116 valence electrons. The molecule has 1 aliphatic heterocycles. The summed E-state index contributed by atoms with van der Waals surface area (Å²) in [5.41, 5.74) is 0.218. The third-order valence-electron chi connectivity index (χ3n) is 4.73. The first kappa shape index (κ1) is 15.8. The molecule has 2 aromatic rings. The maximum absolute atomic E-state index is 12.7. The molecule has 1 atom stereocenters. The van der Waals surface area contributed by atoms with E-state index >= 15 is 0 Å². The lowest BCUT2D eigenvalue weighted by Gasteiger charge is -2.58. The van der Waals surface area contributed by atoms with E-state index < -0.39 is 11.0 Å². The second-order valence-electron chi connectivity index (χ2n) is 6.38. The number of hydrogen-bond donors (Lipinski definition) is 0. The average Bonchev–Trinajstić information content (AvgIpc) is 2.56. The number of carbonyl (C=O) groups is 1. The lowest BCUT2D eigenvalue weighted by Crippen LogP contribution is -2.76. The summed E-state index contributed by atoms with van der Waals surface area (Å²) in [7, 11) is 0. The van der Waals surface area contributed by atoms with E-state index in [9.17, 15) is 10.1 Å². The second kappa shape index (κ2) is 5.50. The van der Waals surface area contributed by atoms with E-state index in [1.807, 2.05) is 68.4 Å². The van der Waals surface area contributed by atoms with Crippen molar-refractivity contribution in [1.29, 1.82) is 5.26 Å². The minimum absolute atomic E-state index is 0.0164. The Balaban J connectivity index is 2.06. The van der Waals surface area contributed by atoms with E-state index in [4.69, 9.17) is 0 Å². The number of β-lactam (4-membered cyclic amide) rings is 1. The van der Waals surface area contributed by atoms with Gasteiger partial charge in [-0.3, -0.25) is 9.69 Å². The van der Waals surface area contributed by atoms with Crippen LogP contribution < -0.4 is 4.90 Å². The number of anilines is 1. The number of amides is 1. The second-order valence-corrected chi connectivity index (χ2v) is 7.29. The molecule has 0 radical (unpaired) electrons. The predicted molar refractivity (Wildman–Crippen MR) is 93.9 cm³/mol. The monoisotopic (exact) mass is 368 g/mol. The third kappa shape index (κ3) is 2.27. The molecule has 0 saturated carbocycles. The van der Waals surface area contributed by atoms with Crippen LogP contribution in [0.25, 0.3) is 0 Å². The van der Waals surface area contributed by atoms with Gasteiger partial charge in [0.1, 0.15) is 0 Å². The fourth-order valence-electron chi connectivity index (χ4n) is 3.20. The summed E-state index contributed by atoms with van der Waals surface area (Å²) >= 11 is 3.40. The fourth-order valence-corrected chi connectivity index (χ4v) is 3.47. The summed E-state index contributed by atoms with van der Waals surface area (Å²) in [5, 5.41) is 9.98. The van der Waals surface area contributed by atoms with Crippen LogP contribution in [0.15, 0.2) is 59.1 Å². The highest BCUT2D eigenvalue weighted by Gasteiger charge is 2.67. The molecule has 4 heteroatoms. The van der Waals surface area contributed by atoms with Gasteiger partial charge in [-0.2, -0.15) is 5.26 Å². The van der Waals surface area contributed by atoms with Crippen LogP contribution in [0.2, 0.25) is 0 Å². The van der Waals surface area contributed by atoms with Crippen LogP contribution in [0.3, 0.4) is 0 Å². The van der Waals surface area contributed by atoms with E-state index in [-0.39, 0.29) is 5.91 Å². The Kier molecular flexibility index (Phi) is 3.77. The number of rotatable bonds is 3. The van der Waals surface area contributed by atoms with E-state index in [2.05, 4.69) is 22.0 Å². The molecule has 1 heterocycles. The fraction of sp³-hybridized carbons (Fsp3) is 0.263. The summed E-state index contributed by atoms with van der Waals surface area (Å²) in [6, 6.07) is 19.8. The Morgan fingerprint density at radius 1 is 1.09 bits per heavy atom. The van der Waals surface area contributed by atoms with E-state index in [1.54, 1.807) is 4.90 Å². The van der Waals surface area contributed by atoms with Crippen LogP contribution in [0.5, 0.6) is 0 Å². The van der Waals surface area contributed by atoms with Crippen molar-refractivity contribution in [3.63, 3.8) is 0 Å². The van der Waals surface area contributed by atoms with E-state index in [0.717, 1.165) is 15.7 Å². The van der Waals surface area contributed by atoms with Gasteiger partial charge < -0.3 is 0 Å². The van der Waals surface area contributed by atoms with Crippen molar-refractivity contribution in [3.8, 4) is 6.07 Å². The highest BCUT2D eigenvalue weighted by molar-refractivity contribution is 9.10. The van der Waals surface area contributed by atoms with Crippen LogP contribution in [0, 0.1) is 16.7 Å². The van der Waals surface area contributed by atoms with Gasteiger partial charge in [-0.25, -0.2) is 0 Å². The van der Waals surface area contributed by atoms with Gasteiger partial charge in [0.05, 0.1) is 11.5 Å². The molecular formula is C19H17BrN2O. The molecule has 1 unspecified atom stereocenters. The standard InChI is InChI=1S/C19H17BrN2O/c1-18(2)17(23)22(16-10-8-15(20)9-11-16)19(18,13-21)12-14-6-4-3-5-7-14/h3-11H,12H2,1-2H3. The molecule has 0 bridgehead atoms. The quantitative estimate of drug-likeness (QED) is 0.756. The zero-order valence-corrected chi connectivity index (χ0v) is 14.7. The van der Waals surface area contributed by atoms with E-state index in [1.165, 1.54) is 0 Å². The zero-order valence-electron chi connectivity index (χ0n) is 13.1. The van der Waals surface area contributed by atoms with Gasteiger partial charge in [-0.15, -0.1) is 0 Å². The van der Waals surface area contributed by atoms with Crippen LogP contribution in [-0.4, -0.2) is 11.4 Å². The van der Waals surface area contributed by atoms with Crippen LogP contribution >= 0.6 is 15.9 Å². The van der Waals surface area contributed by atoms with Gasteiger partial charge >= 0.3 is 0 Å². The number of carbonyl (C=O) groups excluding carboxylic acids is 1. The van der Waals surface area contributed by atoms with Gasteiger partial charge in [0.15, 0.2) is 5.54 Å². The molecular weight excluding hydrogens is 352 g/mol. The van der Waals surface area contributed by atoms with Gasteiger partial charge in [0.2, 0.25) is 5.91 Å². The van der Waals surface area contributed by atoms with Crippen molar-refractivity contribution in [2.24, 2.45) is 5.41 Å². The molecule has 0 aromatic heterocycles. The first-order valence-corrected chi connectivity index (χ1v) is 8.27. The van der Waals surface area contributed by atoms with Gasteiger partial charge in [-0.05, 0) is 43.7 Å². The number of nitriles is 1. The molecule has 1 fully saturated rings. The third-order valence-corrected chi connectivity index (χ3v) is 5.25. The average molecular weight is 369 g/mol. The Bertz CT molecular complexity index is 777. The van der Waals surface area contributed by atoms with Gasteiger partial charge in [0, 0.05) is 16.6 Å². The first-order valence-electron chi connectivity index (χ1n) is 7.48. The largest absolute Gasteiger partial charge is 0.291 e. The van der Waals surface area contributed by atoms with Crippen molar-refractivity contribution in [2.75, 3.05) is 4.90 Å². The summed E-state index contributed by atoms with van der Waals surface area (Å²) in [6.07, 6.45) is 0.513. The van der Waals surface area contributed by atoms with Crippen molar-refractivity contribution in [3.05, 3.63) is 64.6 Å². The van der Waals surface area contributed by atoms with Gasteiger partial charge in [-0.1, -0.05) is 46.3 Å². The maximum Gasteiger partial charge on any atom is 0.237 e. The predicted octanol–water partition coefficient (Wildman–Crippen LogP) is 4.33. The number of nitrogens with zero attached hydrogens (tertiary/aromatic N) is 2. The highest BCUT2D eigenvalue weighted by atomic mass is 79.9. The molecule has 3 nitrogen and oxygen atoms in total. The lowest BCUT2D eigenvalue weighted by atomic mass is 9.60. The van der Waals surface area contributed by atoms with Crippen molar-refractivity contribution >= 4 is 27.5 Å². The molecule has 1 saturated heterocycles. The topological polar surface area (TPSA) is 44.1 Å². The van der Waals surface area contributed by atoms with Gasteiger partial charge in [0.25, 0.3) is 0 Å². The minimum Gasteiger partial charge on any atom is -0.291 e. The molecule has 1 aliphatic rings. The van der Waals surface area contributed by atoms with Crippen molar-refractivity contribution in [1.82, 2.24) is 0 Å². The summed E-state index contributed by atoms with van der Waals surface area (Å²) in [5.74, 6) is -0.0164.